The average Bonchev–Trinajstić information content (AvgIpc) is 2.44. The molecule has 2 aromatic rings. The first-order valence-corrected chi connectivity index (χ1v) is 6.30. The normalized spacial score (nSPS) is 10.4. The van der Waals surface area contributed by atoms with Crippen LogP contribution in [0.1, 0.15) is 16.1 Å². The van der Waals surface area contributed by atoms with E-state index in [-0.39, 0.29) is 17.1 Å². The molecule has 1 heterocycles. The van der Waals surface area contributed by atoms with Gasteiger partial charge in [-0.25, -0.2) is 4.79 Å². The summed E-state index contributed by atoms with van der Waals surface area (Å²) >= 11 is 0. The molecule has 0 saturated heterocycles. The zero-order valence-corrected chi connectivity index (χ0v) is 12.0. The van der Waals surface area contributed by atoms with E-state index in [1.807, 2.05) is 6.92 Å². The van der Waals surface area contributed by atoms with Crippen molar-refractivity contribution in [3.63, 3.8) is 0 Å². The first kappa shape index (κ1) is 14.8. The van der Waals surface area contributed by atoms with E-state index in [0.29, 0.717) is 11.0 Å². The molecule has 110 valence electrons. The molecule has 0 radical (unpaired) electrons. The van der Waals surface area contributed by atoms with Gasteiger partial charge in [-0.05, 0) is 19.1 Å². The summed E-state index contributed by atoms with van der Waals surface area (Å²) in [5.41, 5.74) is 0.895. The van der Waals surface area contributed by atoms with Gasteiger partial charge >= 0.3 is 5.97 Å². The molecule has 1 aromatic carbocycles. The zero-order chi connectivity index (χ0) is 15.6. The fourth-order valence-electron chi connectivity index (χ4n) is 1.70. The van der Waals surface area contributed by atoms with Gasteiger partial charge in [-0.15, -0.1) is 0 Å². The fourth-order valence-corrected chi connectivity index (χ4v) is 1.70. The minimum absolute atomic E-state index is 0.220. The van der Waals surface area contributed by atoms with Crippen LogP contribution >= 0.6 is 0 Å². The molecule has 6 nitrogen and oxygen atoms in total. The van der Waals surface area contributed by atoms with E-state index in [9.17, 15) is 14.4 Å². The predicted molar refractivity (Wildman–Crippen MR) is 76.2 cm³/mol. The molecule has 1 aromatic heterocycles. The van der Waals surface area contributed by atoms with Crippen molar-refractivity contribution in [3.8, 4) is 0 Å². The Labute approximate surface area is 120 Å². The van der Waals surface area contributed by atoms with E-state index in [4.69, 9.17) is 9.15 Å². The highest BCUT2D eigenvalue weighted by Gasteiger charge is 2.16. The van der Waals surface area contributed by atoms with E-state index in [0.717, 1.165) is 11.6 Å². The molecule has 2 rings (SSSR count). The summed E-state index contributed by atoms with van der Waals surface area (Å²) < 4.78 is 10.2. The molecule has 0 fully saturated rings. The molecule has 1 amide bonds. The van der Waals surface area contributed by atoms with Gasteiger partial charge in [-0.3, -0.25) is 9.59 Å². The summed E-state index contributed by atoms with van der Waals surface area (Å²) in [6, 6.07) is 6.15. The molecule has 0 aliphatic rings. The Morgan fingerprint density at radius 1 is 1.24 bits per heavy atom. The van der Waals surface area contributed by atoms with Crippen LogP contribution in [0.2, 0.25) is 0 Å². The molecular weight excluding hydrogens is 274 g/mol. The Balaban J connectivity index is 2.26. The van der Waals surface area contributed by atoms with Crippen LogP contribution in [0.15, 0.2) is 33.5 Å². The largest absolute Gasteiger partial charge is 0.450 e. The second-order valence-corrected chi connectivity index (χ2v) is 4.84. The lowest BCUT2D eigenvalue weighted by atomic mass is 10.1. The van der Waals surface area contributed by atoms with Gasteiger partial charge < -0.3 is 14.1 Å². The zero-order valence-electron chi connectivity index (χ0n) is 12.0. The molecule has 0 aliphatic heterocycles. The van der Waals surface area contributed by atoms with Crippen molar-refractivity contribution in [2.45, 2.75) is 6.92 Å². The quantitative estimate of drug-likeness (QED) is 0.797. The number of benzene rings is 1. The van der Waals surface area contributed by atoms with Gasteiger partial charge in [-0.1, -0.05) is 11.6 Å². The van der Waals surface area contributed by atoms with Crippen molar-refractivity contribution in [1.29, 1.82) is 0 Å². The third-order valence-electron chi connectivity index (χ3n) is 2.91. The third kappa shape index (κ3) is 3.28. The van der Waals surface area contributed by atoms with Crippen LogP contribution in [0.25, 0.3) is 11.0 Å². The highest BCUT2D eigenvalue weighted by Crippen LogP contribution is 2.14. The maximum Gasteiger partial charge on any atom is 0.374 e. The van der Waals surface area contributed by atoms with Crippen molar-refractivity contribution >= 4 is 22.8 Å². The number of carbonyl (C=O) groups is 2. The second-order valence-electron chi connectivity index (χ2n) is 4.84. The summed E-state index contributed by atoms with van der Waals surface area (Å²) in [5.74, 6) is -1.42. The maximum atomic E-state index is 12.0. The summed E-state index contributed by atoms with van der Waals surface area (Å²) in [7, 11) is 3.10. The number of hydrogen-bond donors (Lipinski definition) is 0. The van der Waals surface area contributed by atoms with E-state index < -0.39 is 12.6 Å². The van der Waals surface area contributed by atoms with Crippen LogP contribution < -0.4 is 5.43 Å². The minimum atomic E-state index is -0.843. The van der Waals surface area contributed by atoms with Crippen LogP contribution in [0.3, 0.4) is 0 Å². The molecule has 0 N–H and O–H groups in total. The fraction of sp³-hybridized carbons (Fsp3) is 0.267. The van der Waals surface area contributed by atoms with Crippen molar-refractivity contribution in [1.82, 2.24) is 4.90 Å². The topological polar surface area (TPSA) is 76.8 Å². The third-order valence-corrected chi connectivity index (χ3v) is 2.91. The lowest BCUT2D eigenvalue weighted by Gasteiger charge is -2.10. The summed E-state index contributed by atoms with van der Waals surface area (Å²) in [6.45, 7) is 1.45. The average molecular weight is 289 g/mol. The Morgan fingerprint density at radius 2 is 1.95 bits per heavy atom. The van der Waals surface area contributed by atoms with Crippen molar-refractivity contribution in [3.05, 3.63) is 45.8 Å². The van der Waals surface area contributed by atoms with Crippen LogP contribution in [0.5, 0.6) is 0 Å². The summed E-state index contributed by atoms with van der Waals surface area (Å²) in [4.78, 5) is 36.4. The molecule has 0 saturated carbocycles. The molecule has 0 aliphatic carbocycles. The number of carbonyl (C=O) groups excluding carboxylic acids is 2. The molecule has 6 heteroatoms. The van der Waals surface area contributed by atoms with Gasteiger partial charge in [0.15, 0.2) is 12.0 Å². The number of fused-ring (bicyclic) bond motifs is 1. The molecule has 0 spiro atoms. The lowest BCUT2D eigenvalue weighted by molar-refractivity contribution is -0.132. The number of aryl methyl sites for hydroxylation is 1. The van der Waals surface area contributed by atoms with Gasteiger partial charge in [-0.2, -0.15) is 0 Å². The lowest BCUT2D eigenvalue weighted by Crippen LogP contribution is -2.27. The minimum Gasteiger partial charge on any atom is -0.450 e. The molecule has 21 heavy (non-hydrogen) atoms. The molecular formula is C15H15NO5. The Kier molecular flexibility index (Phi) is 4.07. The number of ether oxygens (including phenoxy) is 1. The number of amides is 1. The van der Waals surface area contributed by atoms with Crippen LogP contribution in [0.4, 0.5) is 0 Å². The highest BCUT2D eigenvalue weighted by molar-refractivity contribution is 5.90. The second kappa shape index (κ2) is 5.78. The van der Waals surface area contributed by atoms with Gasteiger partial charge in [0.1, 0.15) is 5.58 Å². The number of esters is 1. The predicted octanol–water partition coefficient (Wildman–Crippen LogP) is 1.35. The Bertz CT molecular complexity index is 760. The summed E-state index contributed by atoms with van der Waals surface area (Å²) in [5, 5.41) is 0.399. The van der Waals surface area contributed by atoms with Gasteiger partial charge in [0.25, 0.3) is 5.91 Å². The van der Waals surface area contributed by atoms with Gasteiger partial charge in [0.2, 0.25) is 5.76 Å². The van der Waals surface area contributed by atoms with Gasteiger partial charge in [0, 0.05) is 20.2 Å². The standard InChI is InChI=1S/C15H15NO5/c1-9-4-5-12-10(6-9)11(17)7-13(21-12)15(19)20-8-14(18)16(2)3/h4-7H,8H2,1-3H3. The highest BCUT2D eigenvalue weighted by atomic mass is 16.5. The van der Waals surface area contributed by atoms with E-state index in [2.05, 4.69) is 0 Å². The molecule has 0 atom stereocenters. The Morgan fingerprint density at radius 3 is 2.62 bits per heavy atom. The summed E-state index contributed by atoms with van der Waals surface area (Å²) in [6.07, 6.45) is 0. The van der Waals surface area contributed by atoms with E-state index >= 15 is 0 Å². The number of nitrogens with zero attached hydrogens (tertiary/aromatic N) is 1. The molecule has 0 bridgehead atoms. The van der Waals surface area contributed by atoms with Crippen molar-refractivity contribution in [2.24, 2.45) is 0 Å². The van der Waals surface area contributed by atoms with Crippen LogP contribution in [0, 0.1) is 6.92 Å². The Hall–Kier alpha value is -2.63. The van der Waals surface area contributed by atoms with E-state index in [1.165, 1.54) is 4.90 Å². The van der Waals surface area contributed by atoms with Crippen LogP contribution in [-0.2, 0) is 9.53 Å². The molecule has 0 unspecified atom stereocenters. The number of likely N-dealkylation sites (N-methyl/N-ethyl adjacent to an activating group) is 1. The van der Waals surface area contributed by atoms with E-state index in [1.54, 1.807) is 32.3 Å². The smallest absolute Gasteiger partial charge is 0.374 e. The SMILES string of the molecule is Cc1ccc2oc(C(=O)OCC(=O)N(C)C)cc(=O)c2c1. The van der Waals surface area contributed by atoms with Crippen molar-refractivity contribution < 1.29 is 18.7 Å². The van der Waals surface area contributed by atoms with Crippen LogP contribution in [-0.4, -0.2) is 37.5 Å². The first-order chi connectivity index (χ1) is 9.88. The number of rotatable bonds is 3. The van der Waals surface area contributed by atoms with Gasteiger partial charge in [0.05, 0.1) is 5.39 Å². The first-order valence-electron chi connectivity index (χ1n) is 6.30. The van der Waals surface area contributed by atoms with Crippen molar-refractivity contribution in [2.75, 3.05) is 20.7 Å². The maximum absolute atomic E-state index is 12.0. The monoisotopic (exact) mass is 289 g/mol. The number of hydrogen-bond acceptors (Lipinski definition) is 5.